The number of benzene rings is 2. The number of para-hydroxylation sites is 1. The van der Waals surface area contributed by atoms with E-state index in [2.05, 4.69) is 26.9 Å². The molecular weight excluding hydrogens is 325 g/mol. The highest BCUT2D eigenvalue weighted by Crippen LogP contribution is 2.20. The van der Waals surface area contributed by atoms with Crippen LogP contribution in [0.1, 0.15) is 11.4 Å². The summed E-state index contributed by atoms with van der Waals surface area (Å²) in [7, 11) is 0. The monoisotopic (exact) mass is 343 g/mol. The first-order valence-corrected chi connectivity index (χ1v) is 8.66. The van der Waals surface area contributed by atoms with Gasteiger partial charge in [0.2, 0.25) is 0 Å². The Balaban J connectivity index is 1.57. The second-order valence-corrected chi connectivity index (χ2v) is 6.29. The molecule has 0 aliphatic carbocycles. The van der Waals surface area contributed by atoms with Crippen molar-refractivity contribution in [3.63, 3.8) is 0 Å². The van der Waals surface area contributed by atoms with Crippen LogP contribution < -0.4 is 4.74 Å². The molecule has 0 spiro atoms. The van der Waals surface area contributed by atoms with Crippen LogP contribution in [0.4, 0.5) is 4.39 Å². The molecule has 0 amide bonds. The SMILES string of the molecule is Cc1nnc(SCCOc2ccccc2F)n1Cc1ccccc1. The molecule has 24 heavy (non-hydrogen) atoms. The van der Waals surface area contributed by atoms with Crippen molar-refractivity contribution < 1.29 is 9.13 Å². The Morgan fingerprint density at radius 2 is 1.79 bits per heavy atom. The molecule has 0 atom stereocenters. The summed E-state index contributed by atoms with van der Waals surface area (Å²) in [5.74, 6) is 1.48. The number of halogens is 1. The Kier molecular flexibility index (Phi) is 5.48. The number of aromatic nitrogens is 3. The number of hydrogen-bond donors (Lipinski definition) is 0. The first-order valence-electron chi connectivity index (χ1n) is 7.68. The van der Waals surface area contributed by atoms with Crippen molar-refractivity contribution in [1.29, 1.82) is 0 Å². The second kappa shape index (κ2) is 7.97. The zero-order valence-electron chi connectivity index (χ0n) is 13.4. The Morgan fingerprint density at radius 3 is 2.58 bits per heavy atom. The number of ether oxygens (including phenoxy) is 1. The zero-order chi connectivity index (χ0) is 16.8. The summed E-state index contributed by atoms with van der Waals surface area (Å²) in [4.78, 5) is 0. The van der Waals surface area contributed by atoms with Crippen molar-refractivity contribution in [3.05, 3.63) is 71.8 Å². The quantitative estimate of drug-likeness (QED) is 0.481. The van der Waals surface area contributed by atoms with Gasteiger partial charge in [-0.1, -0.05) is 54.2 Å². The third kappa shape index (κ3) is 4.14. The average molecular weight is 343 g/mol. The number of hydrogen-bond acceptors (Lipinski definition) is 4. The van der Waals surface area contributed by atoms with E-state index in [0.29, 0.717) is 12.4 Å². The van der Waals surface area contributed by atoms with Crippen LogP contribution in [0.15, 0.2) is 59.8 Å². The number of nitrogens with zero attached hydrogens (tertiary/aromatic N) is 3. The van der Waals surface area contributed by atoms with Gasteiger partial charge in [0.25, 0.3) is 0 Å². The van der Waals surface area contributed by atoms with Crippen molar-refractivity contribution in [2.75, 3.05) is 12.4 Å². The molecule has 0 unspecified atom stereocenters. The molecule has 1 heterocycles. The largest absolute Gasteiger partial charge is 0.490 e. The van der Waals surface area contributed by atoms with Gasteiger partial charge in [-0.3, -0.25) is 0 Å². The molecular formula is C18H18FN3OS. The van der Waals surface area contributed by atoms with Crippen molar-refractivity contribution in [1.82, 2.24) is 14.8 Å². The molecule has 0 bridgehead atoms. The Morgan fingerprint density at radius 1 is 1.04 bits per heavy atom. The molecule has 6 heteroatoms. The molecule has 0 aliphatic heterocycles. The lowest BCUT2D eigenvalue weighted by molar-refractivity contribution is 0.325. The lowest BCUT2D eigenvalue weighted by Gasteiger charge is -2.09. The van der Waals surface area contributed by atoms with E-state index in [0.717, 1.165) is 17.5 Å². The van der Waals surface area contributed by atoms with Crippen molar-refractivity contribution >= 4 is 11.8 Å². The van der Waals surface area contributed by atoms with Crippen LogP contribution in [0.25, 0.3) is 0 Å². The fraction of sp³-hybridized carbons (Fsp3) is 0.222. The summed E-state index contributed by atoms with van der Waals surface area (Å²) >= 11 is 1.55. The van der Waals surface area contributed by atoms with Crippen LogP contribution in [0, 0.1) is 12.7 Å². The van der Waals surface area contributed by atoms with Crippen LogP contribution in [-0.2, 0) is 6.54 Å². The van der Waals surface area contributed by atoms with E-state index >= 15 is 0 Å². The van der Waals surface area contributed by atoms with Gasteiger partial charge in [-0.05, 0) is 24.6 Å². The molecule has 4 nitrogen and oxygen atoms in total. The van der Waals surface area contributed by atoms with Gasteiger partial charge < -0.3 is 9.30 Å². The topological polar surface area (TPSA) is 39.9 Å². The van der Waals surface area contributed by atoms with Gasteiger partial charge in [-0.15, -0.1) is 10.2 Å². The summed E-state index contributed by atoms with van der Waals surface area (Å²) < 4.78 is 21.0. The highest BCUT2D eigenvalue weighted by molar-refractivity contribution is 7.99. The van der Waals surface area contributed by atoms with Crippen LogP contribution in [0.2, 0.25) is 0 Å². The number of rotatable bonds is 7. The van der Waals surface area contributed by atoms with Crippen LogP contribution in [0.5, 0.6) is 5.75 Å². The third-order valence-corrected chi connectivity index (χ3v) is 4.43. The van der Waals surface area contributed by atoms with Crippen molar-refractivity contribution in [2.45, 2.75) is 18.6 Å². The molecule has 0 saturated heterocycles. The molecule has 0 N–H and O–H groups in total. The highest BCUT2D eigenvalue weighted by Gasteiger charge is 2.10. The number of aryl methyl sites for hydroxylation is 1. The minimum absolute atomic E-state index is 0.278. The third-order valence-electron chi connectivity index (χ3n) is 3.49. The summed E-state index contributed by atoms with van der Waals surface area (Å²) in [6.45, 7) is 3.08. The Hall–Kier alpha value is -2.34. The van der Waals surface area contributed by atoms with Gasteiger partial charge in [-0.25, -0.2) is 4.39 Å². The molecule has 2 aromatic carbocycles. The predicted octanol–water partition coefficient (Wildman–Crippen LogP) is 3.95. The molecule has 3 aromatic rings. The summed E-state index contributed by atoms with van der Waals surface area (Å²) in [5, 5.41) is 9.22. The van der Waals surface area contributed by atoms with E-state index in [1.54, 1.807) is 30.0 Å². The average Bonchev–Trinajstić information content (AvgIpc) is 2.94. The standard InChI is InChI=1S/C18H18FN3OS/c1-14-20-21-18(22(14)13-15-7-3-2-4-8-15)24-12-11-23-17-10-6-5-9-16(17)19/h2-10H,11-13H2,1H3. The molecule has 0 saturated carbocycles. The second-order valence-electron chi connectivity index (χ2n) is 5.23. The molecule has 0 aliphatic rings. The fourth-order valence-electron chi connectivity index (χ4n) is 2.26. The maximum atomic E-state index is 13.5. The predicted molar refractivity (Wildman–Crippen MR) is 92.9 cm³/mol. The molecule has 0 fully saturated rings. The normalized spacial score (nSPS) is 10.8. The lowest BCUT2D eigenvalue weighted by Crippen LogP contribution is -2.06. The van der Waals surface area contributed by atoms with E-state index in [1.807, 2.05) is 25.1 Å². The van der Waals surface area contributed by atoms with Crippen LogP contribution >= 0.6 is 11.8 Å². The summed E-state index contributed by atoms with van der Waals surface area (Å²) in [6, 6.07) is 16.6. The van der Waals surface area contributed by atoms with Gasteiger partial charge in [0, 0.05) is 5.75 Å². The maximum Gasteiger partial charge on any atom is 0.191 e. The van der Waals surface area contributed by atoms with E-state index in [9.17, 15) is 4.39 Å². The lowest BCUT2D eigenvalue weighted by atomic mass is 10.2. The minimum atomic E-state index is -0.342. The molecule has 3 rings (SSSR count). The van der Waals surface area contributed by atoms with Gasteiger partial charge in [-0.2, -0.15) is 0 Å². The Bertz CT molecular complexity index is 792. The Labute approximate surface area is 144 Å². The van der Waals surface area contributed by atoms with Crippen LogP contribution in [-0.4, -0.2) is 27.1 Å². The number of thioether (sulfide) groups is 1. The first kappa shape index (κ1) is 16.5. The minimum Gasteiger partial charge on any atom is -0.490 e. The van der Waals surface area contributed by atoms with Crippen molar-refractivity contribution in [2.24, 2.45) is 0 Å². The highest BCUT2D eigenvalue weighted by atomic mass is 32.2. The fourth-order valence-corrected chi connectivity index (χ4v) is 3.06. The van der Waals surface area contributed by atoms with E-state index < -0.39 is 0 Å². The van der Waals surface area contributed by atoms with Gasteiger partial charge in [0.05, 0.1) is 13.2 Å². The van der Waals surface area contributed by atoms with E-state index in [-0.39, 0.29) is 11.6 Å². The van der Waals surface area contributed by atoms with Gasteiger partial charge >= 0.3 is 0 Å². The molecule has 1 aromatic heterocycles. The van der Waals surface area contributed by atoms with E-state index in [4.69, 9.17) is 4.74 Å². The van der Waals surface area contributed by atoms with Gasteiger partial charge in [0.15, 0.2) is 16.7 Å². The summed E-state index contributed by atoms with van der Waals surface area (Å²) in [5.41, 5.74) is 1.20. The first-order chi connectivity index (χ1) is 11.7. The van der Waals surface area contributed by atoms with E-state index in [1.165, 1.54) is 11.6 Å². The zero-order valence-corrected chi connectivity index (χ0v) is 14.2. The smallest absolute Gasteiger partial charge is 0.191 e. The maximum absolute atomic E-state index is 13.5. The van der Waals surface area contributed by atoms with Crippen molar-refractivity contribution in [3.8, 4) is 5.75 Å². The molecule has 124 valence electrons. The van der Waals surface area contributed by atoms with Gasteiger partial charge in [0.1, 0.15) is 5.82 Å². The summed E-state index contributed by atoms with van der Waals surface area (Å²) in [6.07, 6.45) is 0. The molecule has 0 radical (unpaired) electrons. The van der Waals surface area contributed by atoms with Crippen LogP contribution in [0.3, 0.4) is 0 Å².